The fourth-order valence-corrected chi connectivity index (χ4v) is 6.96. The summed E-state index contributed by atoms with van der Waals surface area (Å²) in [6, 6.07) is 11.9. The summed E-state index contributed by atoms with van der Waals surface area (Å²) in [6.45, 7) is 5.19. The molecule has 1 atom stereocenters. The highest BCUT2D eigenvalue weighted by Crippen LogP contribution is 2.48. The van der Waals surface area contributed by atoms with Crippen LogP contribution in [0, 0.1) is 5.41 Å². The number of carbonyl (C=O) groups is 1. The molecule has 1 unspecified atom stereocenters. The summed E-state index contributed by atoms with van der Waals surface area (Å²) in [5.74, 6) is 0.812. The van der Waals surface area contributed by atoms with Gasteiger partial charge in [0.05, 0.1) is 30.0 Å². The van der Waals surface area contributed by atoms with E-state index in [4.69, 9.17) is 14.6 Å². The molecule has 0 saturated carbocycles. The third-order valence-electron chi connectivity index (χ3n) is 6.62. The number of methoxy groups -OCH3 is 1. The SMILES string of the molecule is CCCCC1(CCCC)CN(c2ccc(OC)cc2)c2cc(SC)c(O/C=C/C(=O)O)cc2[S+]([O-])C1. The number of anilines is 2. The quantitative estimate of drug-likeness (QED) is 0.136. The number of unbranched alkanes of at least 4 members (excludes halogenated alkanes) is 2. The van der Waals surface area contributed by atoms with Crippen molar-refractivity contribution in [2.45, 2.75) is 62.2 Å². The summed E-state index contributed by atoms with van der Waals surface area (Å²) in [4.78, 5) is 14.8. The largest absolute Gasteiger partial charge is 0.611 e. The number of carboxylic acid groups (broad SMARTS) is 1. The van der Waals surface area contributed by atoms with E-state index in [2.05, 4.69) is 30.9 Å². The van der Waals surface area contributed by atoms with Crippen LogP contribution in [0.25, 0.3) is 0 Å². The first kappa shape index (κ1) is 28.3. The monoisotopic (exact) mass is 531 g/mol. The van der Waals surface area contributed by atoms with Crippen LogP contribution in [0.2, 0.25) is 0 Å². The van der Waals surface area contributed by atoms with Crippen molar-refractivity contribution >= 4 is 40.3 Å². The van der Waals surface area contributed by atoms with Gasteiger partial charge in [-0.05, 0) is 60.6 Å². The number of aliphatic carboxylic acids is 1. The summed E-state index contributed by atoms with van der Waals surface area (Å²) in [6.07, 6.45) is 10.5. The standard InChI is InChI=1S/C28H37NO5S2/c1-5-7-14-28(15-8-6-2)19-29(21-9-11-22(33-3)12-10-21)23-17-25(35-4)24(34-16-13-27(30)31)18-26(23)36(32)20-28/h9-13,16-18H,5-8,14-15,19-20H2,1-4H3,(H,30,31)/b16-13+. The highest BCUT2D eigenvalue weighted by Gasteiger charge is 2.42. The smallest absolute Gasteiger partial charge is 0.331 e. The molecule has 36 heavy (non-hydrogen) atoms. The van der Waals surface area contributed by atoms with Gasteiger partial charge < -0.3 is 24.0 Å². The molecule has 0 spiro atoms. The van der Waals surface area contributed by atoms with Crippen molar-refractivity contribution in [1.29, 1.82) is 0 Å². The van der Waals surface area contributed by atoms with Gasteiger partial charge >= 0.3 is 5.97 Å². The molecule has 1 aliphatic heterocycles. The third kappa shape index (κ3) is 6.93. The Bertz CT molecular complexity index is 1030. The van der Waals surface area contributed by atoms with Gasteiger partial charge in [-0.3, -0.25) is 0 Å². The zero-order valence-electron chi connectivity index (χ0n) is 21.6. The van der Waals surface area contributed by atoms with Crippen LogP contribution < -0.4 is 14.4 Å². The second-order valence-electron chi connectivity index (χ2n) is 9.21. The molecule has 0 radical (unpaired) electrons. The van der Waals surface area contributed by atoms with Crippen molar-refractivity contribution in [3.05, 3.63) is 48.7 Å². The molecule has 1 heterocycles. The van der Waals surface area contributed by atoms with E-state index in [1.165, 1.54) is 11.8 Å². The van der Waals surface area contributed by atoms with E-state index in [0.717, 1.165) is 84.3 Å². The maximum Gasteiger partial charge on any atom is 0.331 e. The fourth-order valence-electron chi connectivity index (χ4n) is 4.69. The summed E-state index contributed by atoms with van der Waals surface area (Å²) < 4.78 is 25.0. The van der Waals surface area contributed by atoms with Crippen molar-refractivity contribution in [2.24, 2.45) is 5.41 Å². The number of thioether (sulfide) groups is 1. The van der Waals surface area contributed by atoms with Gasteiger partial charge in [-0.2, -0.15) is 0 Å². The van der Waals surface area contributed by atoms with Gasteiger partial charge in [0, 0.05) is 23.7 Å². The minimum Gasteiger partial charge on any atom is -0.611 e. The lowest BCUT2D eigenvalue weighted by Crippen LogP contribution is -2.38. The average molecular weight is 532 g/mol. The fraction of sp³-hybridized carbons (Fsp3) is 0.464. The predicted octanol–water partition coefficient (Wildman–Crippen LogP) is 7.02. The van der Waals surface area contributed by atoms with Gasteiger partial charge in [-0.25, -0.2) is 4.79 Å². The molecule has 196 valence electrons. The number of hydrogen-bond donors (Lipinski definition) is 1. The lowest BCUT2D eigenvalue weighted by Gasteiger charge is -2.36. The predicted molar refractivity (Wildman–Crippen MR) is 148 cm³/mol. The van der Waals surface area contributed by atoms with Crippen LogP contribution >= 0.6 is 11.8 Å². The number of fused-ring (bicyclic) bond motifs is 1. The van der Waals surface area contributed by atoms with E-state index in [0.29, 0.717) is 11.5 Å². The first-order valence-electron chi connectivity index (χ1n) is 12.4. The maximum absolute atomic E-state index is 13.9. The second-order valence-corrected chi connectivity index (χ2v) is 11.5. The van der Waals surface area contributed by atoms with E-state index in [-0.39, 0.29) is 5.41 Å². The van der Waals surface area contributed by atoms with Gasteiger partial charge in [0.2, 0.25) is 0 Å². The Hall–Kier alpha value is -2.29. The van der Waals surface area contributed by atoms with Crippen LogP contribution in [0.1, 0.15) is 52.4 Å². The van der Waals surface area contributed by atoms with Crippen LogP contribution in [-0.4, -0.2) is 41.3 Å². The van der Waals surface area contributed by atoms with Crippen molar-refractivity contribution in [2.75, 3.05) is 30.6 Å². The molecule has 0 fully saturated rings. The molecule has 3 rings (SSSR count). The molecule has 2 aromatic carbocycles. The minimum atomic E-state index is -1.24. The third-order valence-corrected chi connectivity index (χ3v) is 9.07. The lowest BCUT2D eigenvalue weighted by atomic mass is 9.79. The molecule has 8 heteroatoms. The normalized spacial score (nSPS) is 17.0. The van der Waals surface area contributed by atoms with Crippen molar-refractivity contribution in [3.8, 4) is 11.5 Å². The van der Waals surface area contributed by atoms with E-state index >= 15 is 0 Å². The molecule has 0 aliphatic carbocycles. The average Bonchev–Trinajstić information content (AvgIpc) is 3.00. The lowest BCUT2D eigenvalue weighted by molar-refractivity contribution is -0.131. The van der Waals surface area contributed by atoms with Gasteiger partial charge in [0.15, 0.2) is 4.90 Å². The van der Waals surface area contributed by atoms with Gasteiger partial charge in [-0.15, -0.1) is 11.8 Å². The van der Waals surface area contributed by atoms with Crippen molar-refractivity contribution in [3.63, 3.8) is 0 Å². The Labute approximate surface area is 222 Å². The topological polar surface area (TPSA) is 82.1 Å². The minimum absolute atomic E-state index is 0.0837. The van der Waals surface area contributed by atoms with Crippen LogP contribution in [0.3, 0.4) is 0 Å². The Balaban J connectivity index is 2.16. The number of ether oxygens (including phenoxy) is 2. The number of carboxylic acids is 1. The number of hydrogen-bond acceptors (Lipinski definition) is 6. The molecule has 1 aliphatic rings. The molecule has 0 aromatic heterocycles. The molecule has 6 nitrogen and oxygen atoms in total. The van der Waals surface area contributed by atoms with E-state index < -0.39 is 17.1 Å². The molecular weight excluding hydrogens is 494 g/mol. The Morgan fingerprint density at radius 1 is 1.19 bits per heavy atom. The molecular formula is C28H37NO5S2. The van der Waals surface area contributed by atoms with Crippen LogP contribution in [-0.2, 0) is 16.0 Å². The Morgan fingerprint density at radius 3 is 2.42 bits per heavy atom. The Morgan fingerprint density at radius 2 is 1.86 bits per heavy atom. The van der Waals surface area contributed by atoms with E-state index in [1.807, 2.05) is 30.5 Å². The van der Waals surface area contributed by atoms with Crippen LogP contribution in [0.4, 0.5) is 11.4 Å². The second kappa shape index (κ2) is 13.3. The Kier molecular flexibility index (Phi) is 10.5. The van der Waals surface area contributed by atoms with Gasteiger partial charge in [0.25, 0.3) is 0 Å². The first-order chi connectivity index (χ1) is 17.4. The summed E-state index contributed by atoms with van der Waals surface area (Å²) in [5, 5.41) is 8.95. The zero-order valence-corrected chi connectivity index (χ0v) is 23.3. The van der Waals surface area contributed by atoms with E-state index in [9.17, 15) is 9.35 Å². The van der Waals surface area contributed by atoms with Gasteiger partial charge in [-0.1, -0.05) is 39.5 Å². The van der Waals surface area contributed by atoms with Crippen LogP contribution in [0.5, 0.6) is 11.5 Å². The van der Waals surface area contributed by atoms with Gasteiger partial charge in [0.1, 0.15) is 17.3 Å². The number of nitrogens with zero attached hydrogens (tertiary/aromatic N) is 1. The van der Waals surface area contributed by atoms with Crippen molar-refractivity contribution in [1.82, 2.24) is 0 Å². The molecule has 0 bridgehead atoms. The molecule has 0 amide bonds. The van der Waals surface area contributed by atoms with E-state index in [1.54, 1.807) is 7.11 Å². The molecule has 1 N–H and O–H groups in total. The highest BCUT2D eigenvalue weighted by molar-refractivity contribution is 7.98. The van der Waals surface area contributed by atoms with Crippen molar-refractivity contribution < 1.29 is 23.9 Å². The summed E-state index contributed by atoms with van der Waals surface area (Å²) in [7, 11) is 1.66. The number of rotatable bonds is 12. The molecule has 0 saturated heterocycles. The van der Waals surface area contributed by atoms with Crippen LogP contribution in [0.15, 0.2) is 58.5 Å². The molecule has 2 aromatic rings. The zero-order chi connectivity index (χ0) is 26.1. The maximum atomic E-state index is 13.9. The first-order valence-corrected chi connectivity index (χ1v) is 15.0. The number of benzene rings is 2. The summed E-state index contributed by atoms with van der Waals surface area (Å²) >= 11 is 0.274. The summed E-state index contributed by atoms with van der Waals surface area (Å²) in [5.41, 5.74) is 1.85. The highest BCUT2D eigenvalue weighted by atomic mass is 32.2.